The van der Waals surface area contributed by atoms with Gasteiger partial charge in [0.05, 0.1) is 23.6 Å². The van der Waals surface area contributed by atoms with E-state index in [0.29, 0.717) is 45.5 Å². The molecule has 184 valence electrons. The number of fused-ring (bicyclic) bond motifs is 1. The van der Waals surface area contributed by atoms with Crippen LogP contribution in [0, 0.1) is 0 Å². The molecule has 0 radical (unpaired) electrons. The molecule has 0 saturated carbocycles. The van der Waals surface area contributed by atoms with Gasteiger partial charge in [0.15, 0.2) is 5.16 Å². The molecule has 6 nitrogen and oxygen atoms in total. The summed E-state index contributed by atoms with van der Waals surface area (Å²) < 4.78 is 7.27. The van der Waals surface area contributed by atoms with Crippen molar-refractivity contribution in [3.05, 3.63) is 105 Å². The Kier molecular flexibility index (Phi) is 7.70. The summed E-state index contributed by atoms with van der Waals surface area (Å²) in [6, 6.07) is 22.4. The quantitative estimate of drug-likeness (QED) is 0.252. The molecule has 1 aliphatic rings. The van der Waals surface area contributed by atoms with Gasteiger partial charge in [0.25, 0.3) is 11.5 Å². The van der Waals surface area contributed by atoms with E-state index < -0.39 is 0 Å². The van der Waals surface area contributed by atoms with Crippen molar-refractivity contribution in [3.63, 3.8) is 0 Å². The van der Waals surface area contributed by atoms with E-state index >= 15 is 0 Å². The van der Waals surface area contributed by atoms with Crippen LogP contribution in [0.5, 0.6) is 0 Å². The van der Waals surface area contributed by atoms with E-state index in [0.717, 1.165) is 30.6 Å². The molecule has 1 amide bonds. The van der Waals surface area contributed by atoms with Gasteiger partial charge >= 0.3 is 0 Å². The second-order valence-electron chi connectivity index (χ2n) is 8.76. The molecule has 4 aromatic rings. The molecular formula is C28H26ClN3O3S. The molecule has 2 heterocycles. The summed E-state index contributed by atoms with van der Waals surface area (Å²) in [5.74, 6) is 0.508. The van der Waals surface area contributed by atoms with E-state index in [1.165, 1.54) is 11.8 Å². The third kappa shape index (κ3) is 5.81. The molecule has 0 unspecified atom stereocenters. The highest BCUT2D eigenvalue weighted by molar-refractivity contribution is 7.98. The van der Waals surface area contributed by atoms with Crippen molar-refractivity contribution >= 4 is 40.2 Å². The van der Waals surface area contributed by atoms with Gasteiger partial charge in [-0.05, 0) is 60.4 Å². The monoisotopic (exact) mass is 519 g/mol. The predicted octanol–water partition coefficient (Wildman–Crippen LogP) is 5.30. The van der Waals surface area contributed by atoms with Gasteiger partial charge < -0.3 is 10.1 Å². The molecule has 1 aromatic heterocycles. The van der Waals surface area contributed by atoms with Crippen molar-refractivity contribution < 1.29 is 9.53 Å². The summed E-state index contributed by atoms with van der Waals surface area (Å²) in [6.07, 6.45) is 2.12. The van der Waals surface area contributed by atoms with Crippen molar-refractivity contribution in [2.45, 2.75) is 36.4 Å². The number of carbonyl (C=O) groups is 1. The number of benzene rings is 3. The smallest absolute Gasteiger partial charge is 0.262 e. The average Bonchev–Trinajstić information content (AvgIpc) is 3.42. The van der Waals surface area contributed by atoms with Crippen LogP contribution >= 0.6 is 23.4 Å². The van der Waals surface area contributed by atoms with Crippen LogP contribution in [-0.4, -0.2) is 34.7 Å². The molecular weight excluding hydrogens is 494 g/mol. The number of para-hydroxylation sites is 1. The summed E-state index contributed by atoms with van der Waals surface area (Å²) in [5.41, 5.74) is 3.13. The molecule has 1 N–H and O–H groups in total. The number of rotatable bonds is 8. The highest BCUT2D eigenvalue weighted by atomic mass is 35.5. The molecule has 1 atom stereocenters. The Bertz CT molecular complexity index is 1430. The predicted molar refractivity (Wildman–Crippen MR) is 144 cm³/mol. The molecule has 8 heteroatoms. The summed E-state index contributed by atoms with van der Waals surface area (Å²) >= 11 is 7.64. The van der Waals surface area contributed by atoms with Crippen LogP contribution in [0.15, 0.2) is 82.7 Å². The topological polar surface area (TPSA) is 73.2 Å². The number of halogens is 1. The molecule has 1 aliphatic heterocycles. The lowest BCUT2D eigenvalue weighted by atomic mass is 10.1. The largest absolute Gasteiger partial charge is 0.376 e. The summed E-state index contributed by atoms with van der Waals surface area (Å²) in [4.78, 5) is 30.7. The number of hydrogen-bond donors (Lipinski definition) is 1. The first kappa shape index (κ1) is 24.6. The van der Waals surface area contributed by atoms with Crippen molar-refractivity contribution in [3.8, 4) is 0 Å². The van der Waals surface area contributed by atoms with Crippen LogP contribution in [0.3, 0.4) is 0 Å². The Balaban J connectivity index is 1.36. The van der Waals surface area contributed by atoms with Gasteiger partial charge in [-0.3, -0.25) is 14.2 Å². The lowest BCUT2D eigenvalue weighted by molar-refractivity contribution is 0.0858. The second-order valence-corrected chi connectivity index (χ2v) is 10.1. The Morgan fingerprint density at radius 1 is 1.08 bits per heavy atom. The van der Waals surface area contributed by atoms with Crippen LogP contribution in [0.4, 0.5) is 0 Å². The SMILES string of the molecule is O=C(NC[C@@H]1CCCO1)c1ccc(Cn2c(SCc3cccc(Cl)c3)nc3ccccc3c2=O)cc1. The highest BCUT2D eigenvalue weighted by Crippen LogP contribution is 2.24. The van der Waals surface area contributed by atoms with Gasteiger partial charge in [-0.2, -0.15) is 0 Å². The fraction of sp³-hybridized carbons (Fsp3) is 0.250. The van der Waals surface area contributed by atoms with Crippen molar-refractivity contribution in [2.24, 2.45) is 0 Å². The Hall–Kier alpha value is -3.13. The van der Waals surface area contributed by atoms with E-state index in [9.17, 15) is 9.59 Å². The van der Waals surface area contributed by atoms with Gasteiger partial charge in [0, 0.05) is 29.5 Å². The van der Waals surface area contributed by atoms with E-state index in [1.807, 2.05) is 54.6 Å². The van der Waals surface area contributed by atoms with E-state index in [1.54, 1.807) is 22.8 Å². The van der Waals surface area contributed by atoms with E-state index in [4.69, 9.17) is 21.3 Å². The number of ether oxygens (including phenoxy) is 1. The van der Waals surface area contributed by atoms with Gasteiger partial charge in [-0.1, -0.05) is 59.8 Å². The lowest BCUT2D eigenvalue weighted by Crippen LogP contribution is -2.31. The molecule has 0 spiro atoms. The number of nitrogens with zero attached hydrogens (tertiary/aromatic N) is 2. The Labute approximate surface area is 218 Å². The average molecular weight is 520 g/mol. The van der Waals surface area contributed by atoms with Crippen molar-refractivity contribution in [1.29, 1.82) is 0 Å². The molecule has 1 fully saturated rings. The minimum Gasteiger partial charge on any atom is -0.376 e. The maximum atomic E-state index is 13.4. The first-order valence-electron chi connectivity index (χ1n) is 11.9. The maximum absolute atomic E-state index is 13.4. The molecule has 3 aromatic carbocycles. The molecule has 0 bridgehead atoms. The summed E-state index contributed by atoms with van der Waals surface area (Å²) in [5, 5.41) is 4.84. The number of nitrogens with one attached hydrogen (secondary N) is 1. The number of carbonyl (C=O) groups excluding carboxylic acids is 1. The molecule has 5 rings (SSSR count). The number of aromatic nitrogens is 2. The third-order valence-electron chi connectivity index (χ3n) is 6.15. The normalized spacial score (nSPS) is 15.3. The number of thioether (sulfide) groups is 1. The van der Waals surface area contributed by atoms with E-state index in [2.05, 4.69) is 5.32 Å². The van der Waals surface area contributed by atoms with Gasteiger partial charge in [-0.25, -0.2) is 4.98 Å². The fourth-order valence-electron chi connectivity index (χ4n) is 4.23. The van der Waals surface area contributed by atoms with Crippen molar-refractivity contribution in [2.75, 3.05) is 13.2 Å². The van der Waals surface area contributed by atoms with Gasteiger partial charge in [0.2, 0.25) is 0 Å². The summed E-state index contributed by atoms with van der Waals surface area (Å²) in [6.45, 7) is 1.63. The van der Waals surface area contributed by atoms with Gasteiger partial charge in [0.1, 0.15) is 0 Å². The zero-order chi connectivity index (χ0) is 24.9. The Morgan fingerprint density at radius 3 is 2.69 bits per heavy atom. The van der Waals surface area contributed by atoms with Crippen molar-refractivity contribution in [1.82, 2.24) is 14.9 Å². The zero-order valence-corrected chi connectivity index (χ0v) is 21.2. The molecule has 1 saturated heterocycles. The Morgan fingerprint density at radius 2 is 1.92 bits per heavy atom. The minimum absolute atomic E-state index is 0.0902. The number of hydrogen-bond acceptors (Lipinski definition) is 5. The third-order valence-corrected chi connectivity index (χ3v) is 7.44. The molecule has 36 heavy (non-hydrogen) atoms. The standard InChI is InChI=1S/C28H26ClN3O3S/c29-22-6-3-5-20(15-22)18-36-28-31-25-9-2-1-8-24(25)27(34)32(28)17-19-10-12-21(13-11-19)26(33)30-16-23-7-4-14-35-23/h1-3,5-6,8-13,15,23H,4,7,14,16-18H2,(H,30,33)/t23-/m0/s1. The summed E-state index contributed by atoms with van der Waals surface area (Å²) in [7, 11) is 0. The fourth-order valence-corrected chi connectivity index (χ4v) is 5.38. The van der Waals surface area contributed by atoms with Crippen LogP contribution in [0.1, 0.15) is 34.3 Å². The van der Waals surface area contributed by atoms with Crippen LogP contribution in [-0.2, 0) is 17.0 Å². The first-order valence-corrected chi connectivity index (χ1v) is 13.3. The van der Waals surface area contributed by atoms with E-state index in [-0.39, 0.29) is 17.6 Å². The maximum Gasteiger partial charge on any atom is 0.262 e. The molecule has 0 aliphatic carbocycles. The number of amides is 1. The first-order chi connectivity index (χ1) is 17.6. The van der Waals surface area contributed by atoms with Crippen LogP contribution in [0.25, 0.3) is 10.9 Å². The highest BCUT2D eigenvalue weighted by Gasteiger charge is 2.17. The van der Waals surface area contributed by atoms with Crippen LogP contribution < -0.4 is 10.9 Å². The van der Waals surface area contributed by atoms with Crippen LogP contribution in [0.2, 0.25) is 5.02 Å². The lowest BCUT2D eigenvalue weighted by Gasteiger charge is -2.14. The minimum atomic E-state index is -0.126. The second kappa shape index (κ2) is 11.3. The zero-order valence-electron chi connectivity index (χ0n) is 19.7. The van der Waals surface area contributed by atoms with Gasteiger partial charge in [-0.15, -0.1) is 0 Å².